The Labute approximate surface area is 110 Å². The Bertz CT molecular complexity index is 410. The third-order valence-electron chi connectivity index (χ3n) is 2.18. The van der Waals surface area contributed by atoms with Crippen molar-refractivity contribution in [2.45, 2.75) is 13.0 Å². The van der Waals surface area contributed by atoms with Crippen LogP contribution in [0.3, 0.4) is 0 Å². The SMILES string of the molecule is CC(NC(N)=NCCO)c1ccc(Cl)cc1Cl. The van der Waals surface area contributed by atoms with Crippen LogP contribution in [0.15, 0.2) is 23.2 Å². The molecule has 4 N–H and O–H groups in total. The first-order valence-electron chi connectivity index (χ1n) is 5.17. The highest BCUT2D eigenvalue weighted by Gasteiger charge is 2.10. The Morgan fingerprint density at radius 3 is 2.82 bits per heavy atom. The predicted molar refractivity (Wildman–Crippen MR) is 71.6 cm³/mol. The van der Waals surface area contributed by atoms with Crippen molar-refractivity contribution >= 4 is 29.2 Å². The van der Waals surface area contributed by atoms with Gasteiger partial charge in [0.1, 0.15) is 0 Å². The number of nitrogens with zero attached hydrogens (tertiary/aromatic N) is 1. The summed E-state index contributed by atoms with van der Waals surface area (Å²) < 4.78 is 0. The molecule has 1 atom stereocenters. The van der Waals surface area contributed by atoms with Gasteiger partial charge in [0, 0.05) is 10.0 Å². The van der Waals surface area contributed by atoms with Crippen LogP contribution in [-0.4, -0.2) is 24.2 Å². The van der Waals surface area contributed by atoms with Gasteiger partial charge in [0.05, 0.1) is 19.2 Å². The number of hydrogen-bond donors (Lipinski definition) is 3. The molecule has 1 aromatic carbocycles. The van der Waals surface area contributed by atoms with E-state index < -0.39 is 0 Å². The summed E-state index contributed by atoms with van der Waals surface area (Å²) in [5.74, 6) is 0.276. The largest absolute Gasteiger partial charge is 0.394 e. The van der Waals surface area contributed by atoms with Crippen LogP contribution in [0.4, 0.5) is 0 Å². The van der Waals surface area contributed by atoms with Gasteiger partial charge in [-0.3, -0.25) is 4.99 Å². The normalized spacial score (nSPS) is 13.5. The molecule has 4 nitrogen and oxygen atoms in total. The van der Waals surface area contributed by atoms with Crippen molar-refractivity contribution in [3.05, 3.63) is 33.8 Å². The van der Waals surface area contributed by atoms with Gasteiger partial charge in [-0.25, -0.2) is 0 Å². The molecule has 0 aromatic heterocycles. The summed E-state index contributed by atoms with van der Waals surface area (Å²) >= 11 is 11.9. The Hall–Kier alpha value is -0.970. The number of halogens is 2. The van der Waals surface area contributed by atoms with E-state index in [2.05, 4.69) is 10.3 Å². The van der Waals surface area contributed by atoms with Crippen molar-refractivity contribution in [1.29, 1.82) is 0 Å². The van der Waals surface area contributed by atoms with Gasteiger partial charge in [-0.05, 0) is 24.6 Å². The lowest BCUT2D eigenvalue weighted by Gasteiger charge is -2.16. The highest BCUT2D eigenvalue weighted by Crippen LogP contribution is 2.25. The van der Waals surface area contributed by atoms with Gasteiger partial charge in [-0.15, -0.1) is 0 Å². The van der Waals surface area contributed by atoms with Crippen molar-refractivity contribution < 1.29 is 5.11 Å². The molecule has 0 bridgehead atoms. The van der Waals surface area contributed by atoms with E-state index in [-0.39, 0.29) is 25.2 Å². The molecule has 1 unspecified atom stereocenters. The number of aliphatic hydroxyl groups excluding tert-OH is 1. The fourth-order valence-corrected chi connectivity index (χ4v) is 1.94. The van der Waals surface area contributed by atoms with Crippen LogP contribution in [0.25, 0.3) is 0 Å². The number of nitrogens with two attached hydrogens (primary N) is 1. The third-order valence-corrected chi connectivity index (χ3v) is 2.74. The van der Waals surface area contributed by atoms with E-state index in [0.29, 0.717) is 10.0 Å². The summed E-state index contributed by atoms with van der Waals surface area (Å²) in [5.41, 5.74) is 6.52. The van der Waals surface area contributed by atoms with E-state index >= 15 is 0 Å². The maximum atomic E-state index is 8.61. The molecule has 0 aliphatic carbocycles. The Kier molecular flexibility index (Phi) is 5.55. The minimum atomic E-state index is -0.0813. The number of aliphatic imine (C=N–C) groups is 1. The minimum absolute atomic E-state index is 0.0293. The van der Waals surface area contributed by atoms with Gasteiger partial charge in [0.2, 0.25) is 0 Å². The second-order valence-corrected chi connectivity index (χ2v) is 4.37. The van der Waals surface area contributed by atoms with Crippen LogP contribution in [0, 0.1) is 0 Å². The Balaban J connectivity index is 2.72. The molecule has 0 saturated carbocycles. The Morgan fingerprint density at radius 1 is 1.53 bits per heavy atom. The maximum absolute atomic E-state index is 8.61. The topological polar surface area (TPSA) is 70.6 Å². The lowest BCUT2D eigenvalue weighted by atomic mass is 10.1. The molecule has 0 heterocycles. The van der Waals surface area contributed by atoms with Gasteiger partial charge < -0.3 is 16.2 Å². The summed E-state index contributed by atoms with van der Waals surface area (Å²) in [5, 5.41) is 12.8. The second-order valence-electron chi connectivity index (χ2n) is 3.52. The van der Waals surface area contributed by atoms with E-state index in [4.69, 9.17) is 34.0 Å². The molecule has 94 valence electrons. The number of aliphatic hydroxyl groups is 1. The first-order chi connectivity index (χ1) is 8.04. The molecule has 0 aliphatic rings. The quantitative estimate of drug-likeness (QED) is 0.581. The van der Waals surface area contributed by atoms with Crippen LogP contribution in [0.1, 0.15) is 18.5 Å². The van der Waals surface area contributed by atoms with Gasteiger partial charge >= 0.3 is 0 Å². The molecule has 0 spiro atoms. The average molecular weight is 276 g/mol. The summed E-state index contributed by atoms with van der Waals surface area (Å²) in [6.07, 6.45) is 0. The van der Waals surface area contributed by atoms with Gasteiger partial charge in [-0.1, -0.05) is 29.3 Å². The molecule has 0 aliphatic heterocycles. The second kappa shape index (κ2) is 6.69. The fourth-order valence-electron chi connectivity index (χ4n) is 1.37. The van der Waals surface area contributed by atoms with E-state index in [0.717, 1.165) is 5.56 Å². The Morgan fingerprint density at radius 2 is 2.24 bits per heavy atom. The molecule has 6 heteroatoms. The van der Waals surface area contributed by atoms with Gasteiger partial charge in [0.15, 0.2) is 5.96 Å². The van der Waals surface area contributed by atoms with E-state index in [9.17, 15) is 0 Å². The maximum Gasteiger partial charge on any atom is 0.189 e. The van der Waals surface area contributed by atoms with E-state index in [1.54, 1.807) is 12.1 Å². The smallest absolute Gasteiger partial charge is 0.189 e. The molecule has 0 fully saturated rings. The molecule has 1 aromatic rings. The lowest BCUT2D eigenvalue weighted by Crippen LogP contribution is -2.34. The summed E-state index contributed by atoms with van der Waals surface area (Å²) in [6, 6.07) is 5.20. The number of rotatable bonds is 4. The molecule has 17 heavy (non-hydrogen) atoms. The fraction of sp³-hybridized carbons (Fsp3) is 0.364. The van der Waals surface area contributed by atoms with Gasteiger partial charge in [0.25, 0.3) is 0 Å². The van der Waals surface area contributed by atoms with E-state index in [1.165, 1.54) is 0 Å². The van der Waals surface area contributed by atoms with Crippen LogP contribution >= 0.6 is 23.2 Å². The highest BCUT2D eigenvalue weighted by molar-refractivity contribution is 6.35. The van der Waals surface area contributed by atoms with Crippen molar-refractivity contribution in [3.63, 3.8) is 0 Å². The zero-order valence-electron chi connectivity index (χ0n) is 9.45. The number of hydrogen-bond acceptors (Lipinski definition) is 2. The van der Waals surface area contributed by atoms with Crippen molar-refractivity contribution in [2.24, 2.45) is 10.7 Å². The predicted octanol–water partition coefficient (Wildman–Crippen LogP) is 1.95. The number of nitrogens with one attached hydrogen (secondary N) is 1. The lowest BCUT2D eigenvalue weighted by molar-refractivity contribution is 0.306. The standard InChI is InChI=1S/C11H15Cl2N3O/c1-7(16-11(14)15-4-5-17)9-3-2-8(12)6-10(9)13/h2-3,6-7,17H,4-5H2,1H3,(H3,14,15,16). The summed E-state index contributed by atoms with van der Waals surface area (Å²) in [4.78, 5) is 3.92. The molecule has 0 amide bonds. The van der Waals surface area contributed by atoms with Crippen LogP contribution < -0.4 is 11.1 Å². The zero-order chi connectivity index (χ0) is 12.8. The third kappa shape index (κ3) is 4.42. The molecular weight excluding hydrogens is 261 g/mol. The first kappa shape index (κ1) is 14.1. The molecule has 1 rings (SSSR count). The number of guanidine groups is 1. The minimum Gasteiger partial charge on any atom is -0.394 e. The zero-order valence-corrected chi connectivity index (χ0v) is 11.0. The van der Waals surface area contributed by atoms with Crippen LogP contribution in [-0.2, 0) is 0 Å². The van der Waals surface area contributed by atoms with Crippen molar-refractivity contribution in [3.8, 4) is 0 Å². The highest BCUT2D eigenvalue weighted by atomic mass is 35.5. The van der Waals surface area contributed by atoms with Crippen LogP contribution in [0.2, 0.25) is 10.0 Å². The number of benzene rings is 1. The molecular formula is C11H15Cl2N3O. The van der Waals surface area contributed by atoms with E-state index in [1.807, 2.05) is 13.0 Å². The molecule has 0 saturated heterocycles. The first-order valence-corrected chi connectivity index (χ1v) is 5.92. The van der Waals surface area contributed by atoms with Crippen molar-refractivity contribution in [1.82, 2.24) is 5.32 Å². The summed E-state index contributed by atoms with van der Waals surface area (Å²) in [7, 11) is 0. The van der Waals surface area contributed by atoms with Crippen molar-refractivity contribution in [2.75, 3.05) is 13.2 Å². The van der Waals surface area contributed by atoms with Crippen LogP contribution in [0.5, 0.6) is 0 Å². The average Bonchev–Trinajstić information content (AvgIpc) is 2.26. The summed E-state index contributed by atoms with van der Waals surface area (Å²) in [6.45, 7) is 2.16. The molecule has 0 radical (unpaired) electrons. The monoisotopic (exact) mass is 275 g/mol. The van der Waals surface area contributed by atoms with Gasteiger partial charge in [-0.2, -0.15) is 0 Å².